The molecule has 114 valence electrons. The van der Waals surface area contributed by atoms with Crippen molar-refractivity contribution in [1.29, 1.82) is 0 Å². The third-order valence-corrected chi connectivity index (χ3v) is 6.31. The van der Waals surface area contributed by atoms with E-state index in [0.29, 0.717) is 25.5 Å². The van der Waals surface area contributed by atoms with Gasteiger partial charge in [-0.05, 0) is 31.2 Å². The summed E-state index contributed by atoms with van der Waals surface area (Å²) in [6.45, 7) is 3.51. The maximum atomic E-state index is 12.2. The number of sulfonamides is 1. The van der Waals surface area contributed by atoms with Crippen molar-refractivity contribution in [3.05, 3.63) is 17.3 Å². The summed E-state index contributed by atoms with van der Waals surface area (Å²) in [5, 5.41) is 5.11. The Hall–Kier alpha value is -1.25. The van der Waals surface area contributed by atoms with Crippen LogP contribution in [-0.2, 0) is 10.0 Å². The van der Waals surface area contributed by atoms with Gasteiger partial charge in [0, 0.05) is 19.6 Å². The number of aryl methyl sites for hydroxylation is 1. The lowest BCUT2D eigenvalue weighted by atomic mass is 10.4. The Balaban J connectivity index is 1.68. The molecule has 3 heterocycles. The second-order valence-electron chi connectivity index (χ2n) is 5.10. The zero-order valence-corrected chi connectivity index (χ0v) is 13.5. The van der Waals surface area contributed by atoms with Gasteiger partial charge in [0.05, 0.1) is 16.0 Å². The lowest BCUT2D eigenvalue weighted by Crippen LogP contribution is -2.32. The van der Waals surface area contributed by atoms with Gasteiger partial charge in [-0.2, -0.15) is 0 Å². The molecule has 0 spiro atoms. The first-order valence-electron chi connectivity index (χ1n) is 7.00. The molecular formula is C13H18N4O2S2. The van der Waals surface area contributed by atoms with E-state index in [0.717, 1.165) is 28.9 Å². The first-order chi connectivity index (χ1) is 10.1. The van der Waals surface area contributed by atoms with Gasteiger partial charge in [0.15, 0.2) is 0 Å². The summed E-state index contributed by atoms with van der Waals surface area (Å²) < 4.78 is 26.9. The molecule has 1 N–H and O–H groups in total. The lowest BCUT2D eigenvalue weighted by molar-refractivity contribution is 0.478. The number of hydrogen-bond donors (Lipinski definition) is 1. The predicted octanol–water partition coefficient (Wildman–Crippen LogP) is 1.84. The van der Waals surface area contributed by atoms with E-state index < -0.39 is 10.0 Å². The maximum absolute atomic E-state index is 12.2. The highest BCUT2D eigenvalue weighted by molar-refractivity contribution is 7.89. The lowest BCUT2D eigenvalue weighted by Gasteiger charge is -2.15. The number of fused-ring (bicyclic) bond motifs is 1. The molecule has 1 aliphatic heterocycles. The van der Waals surface area contributed by atoms with E-state index in [1.165, 1.54) is 0 Å². The van der Waals surface area contributed by atoms with Crippen LogP contribution in [0.4, 0.5) is 5.82 Å². The van der Waals surface area contributed by atoms with Crippen LogP contribution in [0.3, 0.4) is 0 Å². The zero-order valence-electron chi connectivity index (χ0n) is 11.9. The molecular weight excluding hydrogens is 308 g/mol. The Morgan fingerprint density at radius 1 is 1.33 bits per heavy atom. The molecule has 8 heteroatoms. The van der Waals surface area contributed by atoms with Gasteiger partial charge in [-0.15, -0.1) is 11.3 Å². The molecule has 0 amide bonds. The Bertz CT molecular complexity index is 736. The average molecular weight is 326 g/mol. The molecule has 0 radical (unpaired) electrons. The molecule has 0 unspecified atom stereocenters. The van der Waals surface area contributed by atoms with Crippen LogP contribution in [0, 0.1) is 6.92 Å². The van der Waals surface area contributed by atoms with Crippen molar-refractivity contribution in [2.45, 2.75) is 19.8 Å². The van der Waals surface area contributed by atoms with Crippen molar-refractivity contribution in [2.24, 2.45) is 0 Å². The summed E-state index contributed by atoms with van der Waals surface area (Å²) in [6.07, 6.45) is 1.93. The molecule has 2 aromatic heterocycles. The third kappa shape index (κ3) is 3.17. The van der Waals surface area contributed by atoms with Crippen LogP contribution in [-0.4, -0.2) is 48.1 Å². The Kier molecular flexibility index (Phi) is 4.10. The van der Waals surface area contributed by atoms with Gasteiger partial charge in [-0.1, -0.05) is 0 Å². The highest BCUT2D eigenvalue weighted by Gasteiger charge is 2.24. The van der Waals surface area contributed by atoms with E-state index in [4.69, 9.17) is 0 Å². The summed E-state index contributed by atoms with van der Waals surface area (Å²) in [5.74, 6) is 1.51. The van der Waals surface area contributed by atoms with Crippen molar-refractivity contribution < 1.29 is 8.42 Å². The number of anilines is 1. The van der Waals surface area contributed by atoms with Crippen molar-refractivity contribution in [3.8, 4) is 0 Å². The maximum Gasteiger partial charge on any atom is 0.215 e. The molecule has 0 saturated carbocycles. The van der Waals surface area contributed by atoms with Crippen molar-refractivity contribution in [1.82, 2.24) is 14.3 Å². The standard InChI is InChI=1S/C13H18N4O2S2/c1-10-15-11-4-8-20-12(11)13(16-10)14-5-9-21(18,19)17-6-2-3-7-17/h4,8H,2-3,5-7,9H2,1H3,(H,14,15,16). The minimum absolute atomic E-state index is 0.100. The van der Waals surface area contributed by atoms with E-state index in [2.05, 4.69) is 15.3 Å². The number of aromatic nitrogens is 2. The van der Waals surface area contributed by atoms with E-state index >= 15 is 0 Å². The van der Waals surface area contributed by atoms with Gasteiger partial charge in [0.1, 0.15) is 11.6 Å². The predicted molar refractivity (Wildman–Crippen MR) is 85.2 cm³/mol. The monoisotopic (exact) mass is 326 g/mol. The topological polar surface area (TPSA) is 75.2 Å². The second-order valence-corrected chi connectivity index (χ2v) is 8.11. The van der Waals surface area contributed by atoms with Gasteiger partial charge in [-0.25, -0.2) is 22.7 Å². The SMILES string of the molecule is Cc1nc(NCCS(=O)(=O)N2CCCC2)c2sccc2n1. The van der Waals surface area contributed by atoms with E-state index in [1.54, 1.807) is 15.6 Å². The molecule has 1 fully saturated rings. The minimum Gasteiger partial charge on any atom is -0.368 e. The van der Waals surface area contributed by atoms with Crippen molar-refractivity contribution in [2.75, 3.05) is 30.7 Å². The molecule has 1 aliphatic rings. The van der Waals surface area contributed by atoms with Crippen LogP contribution in [0.1, 0.15) is 18.7 Å². The average Bonchev–Trinajstić information content (AvgIpc) is 3.09. The molecule has 0 aliphatic carbocycles. The van der Waals surface area contributed by atoms with Crippen LogP contribution in [0.5, 0.6) is 0 Å². The highest BCUT2D eigenvalue weighted by atomic mass is 32.2. The summed E-state index contributed by atoms with van der Waals surface area (Å²) >= 11 is 1.56. The molecule has 0 atom stereocenters. The zero-order chi connectivity index (χ0) is 14.9. The van der Waals surface area contributed by atoms with Crippen LogP contribution >= 0.6 is 11.3 Å². The van der Waals surface area contributed by atoms with E-state index in [1.807, 2.05) is 18.4 Å². The fourth-order valence-corrected chi connectivity index (χ4v) is 4.72. The van der Waals surface area contributed by atoms with Gasteiger partial charge in [0.25, 0.3) is 0 Å². The van der Waals surface area contributed by atoms with Crippen LogP contribution in [0.25, 0.3) is 10.2 Å². The van der Waals surface area contributed by atoms with E-state index in [-0.39, 0.29) is 5.75 Å². The van der Waals surface area contributed by atoms with Gasteiger partial charge < -0.3 is 5.32 Å². The van der Waals surface area contributed by atoms with Crippen molar-refractivity contribution >= 4 is 37.4 Å². The summed E-state index contributed by atoms with van der Waals surface area (Å²) in [7, 11) is -3.15. The summed E-state index contributed by atoms with van der Waals surface area (Å²) in [5.41, 5.74) is 0.900. The number of thiophene rings is 1. The molecule has 1 saturated heterocycles. The first-order valence-corrected chi connectivity index (χ1v) is 9.49. The van der Waals surface area contributed by atoms with Gasteiger partial charge in [0.2, 0.25) is 10.0 Å². The largest absolute Gasteiger partial charge is 0.368 e. The van der Waals surface area contributed by atoms with Gasteiger partial charge >= 0.3 is 0 Å². The first kappa shape index (κ1) is 14.7. The second kappa shape index (κ2) is 5.86. The third-order valence-electron chi connectivity index (χ3n) is 3.53. The van der Waals surface area contributed by atoms with E-state index in [9.17, 15) is 8.42 Å². The molecule has 2 aromatic rings. The smallest absolute Gasteiger partial charge is 0.215 e. The molecule has 6 nitrogen and oxygen atoms in total. The minimum atomic E-state index is -3.15. The van der Waals surface area contributed by atoms with Crippen LogP contribution < -0.4 is 5.32 Å². The Morgan fingerprint density at radius 3 is 2.86 bits per heavy atom. The van der Waals surface area contributed by atoms with Gasteiger partial charge in [-0.3, -0.25) is 0 Å². The van der Waals surface area contributed by atoms with Crippen LogP contribution in [0.15, 0.2) is 11.4 Å². The quantitative estimate of drug-likeness (QED) is 0.907. The molecule has 0 bridgehead atoms. The summed E-state index contributed by atoms with van der Waals surface area (Å²) in [4.78, 5) is 8.72. The fourth-order valence-electron chi connectivity index (χ4n) is 2.49. The number of nitrogens with one attached hydrogen (secondary N) is 1. The molecule has 0 aromatic carbocycles. The Labute approximate surface area is 128 Å². The number of nitrogens with zero attached hydrogens (tertiary/aromatic N) is 3. The molecule has 3 rings (SSSR count). The molecule has 21 heavy (non-hydrogen) atoms. The fraction of sp³-hybridized carbons (Fsp3) is 0.538. The van der Waals surface area contributed by atoms with Crippen molar-refractivity contribution in [3.63, 3.8) is 0 Å². The Morgan fingerprint density at radius 2 is 2.10 bits per heavy atom. The number of hydrogen-bond acceptors (Lipinski definition) is 6. The summed E-state index contributed by atoms with van der Waals surface area (Å²) in [6, 6.07) is 1.95. The normalized spacial score (nSPS) is 16.6. The number of rotatable bonds is 5. The van der Waals surface area contributed by atoms with Crippen LogP contribution in [0.2, 0.25) is 0 Å². The highest BCUT2D eigenvalue weighted by Crippen LogP contribution is 2.25.